The molecule has 31 heavy (non-hydrogen) atoms. The van der Waals surface area contributed by atoms with Crippen molar-refractivity contribution in [1.82, 2.24) is 14.6 Å². The lowest BCUT2D eigenvalue weighted by Gasteiger charge is -2.06. The summed E-state index contributed by atoms with van der Waals surface area (Å²) in [6.45, 7) is 2.83. The smallest absolute Gasteiger partial charge is 0.291 e. The van der Waals surface area contributed by atoms with Gasteiger partial charge in [-0.3, -0.25) is 4.79 Å². The van der Waals surface area contributed by atoms with Gasteiger partial charge in [-0.05, 0) is 48.9 Å². The van der Waals surface area contributed by atoms with Crippen molar-refractivity contribution >= 4 is 22.4 Å². The largest absolute Gasteiger partial charge is 0.497 e. The van der Waals surface area contributed by atoms with Crippen LogP contribution in [0.3, 0.4) is 0 Å². The first-order valence-electron chi connectivity index (χ1n) is 9.99. The molecule has 4 aromatic rings. The van der Waals surface area contributed by atoms with Crippen LogP contribution in [0.2, 0.25) is 0 Å². The quantitative estimate of drug-likeness (QED) is 0.393. The van der Waals surface area contributed by atoms with E-state index < -0.39 is 0 Å². The molecule has 4 rings (SSSR count). The molecule has 7 nitrogen and oxygen atoms in total. The number of methoxy groups -OCH3 is 2. The highest BCUT2D eigenvalue weighted by Crippen LogP contribution is 2.25. The molecule has 0 spiro atoms. The van der Waals surface area contributed by atoms with Crippen LogP contribution in [0.1, 0.15) is 25.3 Å². The second-order valence-electron chi connectivity index (χ2n) is 6.88. The van der Waals surface area contributed by atoms with E-state index in [1.54, 1.807) is 26.4 Å². The lowest BCUT2D eigenvalue weighted by molar-refractivity contribution is 0.309. The monoisotopic (exact) mass is 437 g/mol. The van der Waals surface area contributed by atoms with Gasteiger partial charge in [0.05, 0.1) is 25.4 Å². The van der Waals surface area contributed by atoms with Gasteiger partial charge in [0.15, 0.2) is 5.82 Å². The van der Waals surface area contributed by atoms with Crippen molar-refractivity contribution in [2.75, 3.05) is 20.8 Å². The van der Waals surface area contributed by atoms with Gasteiger partial charge in [-0.2, -0.15) is 9.50 Å². The Balaban J connectivity index is 1.63. The van der Waals surface area contributed by atoms with E-state index in [1.165, 1.54) is 15.9 Å². The Bertz CT molecular complexity index is 1300. The molecule has 0 saturated heterocycles. The van der Waals surface area contributed by atoms with Gasteiger partial charge in [0.25, 0.3) is 5.56 Å². The van der Waals surface area contributed by atoms with E-state index in [1.807, 2.05) is 36.4 Å². The third-order valence-electron chi connectivity index (χ3n) is 4.79. The summed E-state index contributed by atoms with van der Waals surface area (Å²) in [6.07, 6.45) is 3.90. The first-order chi connectivity index (χ1) is 15.1. The molecule has 0 aliphatic carbocycles. The number of thiazole rings is 1. The molecule has 160 valence electrons. The highest BCUT2D eigenvalue weighted by Gasteiger charge is 2.13. The molecule has 0 N–H and O–H groups in total. The van der Waals surface area contributed by atoms with Crippen molar-refractivity contribution in [3.63, 3.8) is 0 Å². The van der Waals surface area contributed by atoms with Gasteiger partial charge >= 0.3 is 0 Å². The fraction of sp³-hybridized carbons (Fsp3) is 0.261. The van der Waals surface area contributed by atoms with Gasteiger partial charge in [0, 0.05) is 17.2 Å². The van der Waals surface area contributed by atoms with Crippen LogP contribution in [-0.4, -0.2) is 35.4 Å². The second-order valence-corrected chi connectivity index (χ2v) is 7.89. The third kappa shape index (κ3) is 4.39. The lowest BCUT2D eigenvalue weighted by atomic mass is 10.2. The fourth-order valence-corrected chi connectivity index (χ4v) is 3.97. The van der Waals surface area contributed by atoms with Crippen LogP contribution >= 0.6 is 11.3 Å². The molecular formula is C23H23N3O4S. The van der Waals surface area contributed by atoms with E-state index in [9.17, 15) is 4.79 Å². The highest BCUT2D eigenvalue weighted by molar-refractivity contribution is 7.15. The van der Waals surface area contributed by atoms with Crippen LogP contribution in [0.15, 0.2) is 47.3 Å². The van der Waals surface area contributed by atoms with Crippen molar-refractivity contribution < 1.29 is 14.2 Å². The number of unbranched alkanes of at least 4 members (excludes halogenated alkanes) is 1. The normalized spacial score (nSPS) is 11.8. The van der Waals surface area contributed by atoms with Crippen molar-refractivity contribution in [2.45, 2.75) is 19.8 Å². The Morgan fingerprint density at radius 3 is 2.52 bits per heavy atom. The van der Waals surface area contributed by atoms with Crippen molar-refractivity contribution in [3.05, 3.63) is 62.9 Å². The average molecular weight is 438 g/mol. The minimum atomic E-state index is -0.212. The Morgan fingerprint density at radius 2 is 1.84 bits per heavy atom. The van der Waals surface area contributed by atoms with Gasteiger partial charge in [0.1, 0.15) is 17.2 Å². The highest BCUT2D eigenvalue weighted by atomic mass is 32.1. The summed E-state index contributed by atoms with van der Waals surface area (Å²) in [6, 6.07) is 13.1. The Kier molecular flexibility index (Phi) is 6.18. The van der Waals surface area contributed by atoms with Crippen LogP contribution < -0.4 is 24.3 Å². The first-order valence-corrected chi connectivity index (χ1v) is 10.8. The Morgan fingerprint density at radius 1 is 1.06 bits per heavy atom. The molecule has 0 amide bonds. The molecule has 2 heterocycles. The van der Waals surface area contributed by atoms with E-state index in [2.05, 4.69) is 17.0 Å². The summed E-state index contributed by atoms with van der Waals surface area (Å²) in [7, 11) is 3.18. The van der Waals surface area contributed by atoms with E-state index in [0.717, 1.165) is 29.7 Å². The fourth-order valence-electron chi connectivity index (χ4n) is 3.07. The van der Waals surface area contributed by atoms with Gasteiger partial charge in [-0.1, -0.05) is 24.7 Å². The number of rotatable bonds is 8. The number of nitrogens with zero attached hydrogens (tertiary/aromatic N) is 3. The van der Waals surface area contributed by atoms with Crippen LogP contribution in [0.25, 0.3) is 22.4 Å². The molecule has 0 aliphatic rings. The lowest BCUT2D eigenvalue weighted by Crippen LogP contribution is -2.23. The molecule has 2 aromatic carbocycles. The topological polar surface area (TPSA) is 75.0 Å². The summed E-state index contributed by atoms with van der Waals surface area (Å²) in [5.74, 6) is 2.63. The van der Waals surface area contributed by atoms with E-state index in [4.69, 9.17) is 14.2 Å². The SMILES string of the molecule is CCCCOc1ccc(-c2nc3sc(=Cc4ccc(OC)cc4OC)c(=O)n3n2)cc1. The predicted octanol–water partition coefficient (Wildman–Crippen LogP) is 3.56. The zero-order valence-electron chi connectivity index (χ0n) is 17.6. The molecule has 0 fully saturated rings. The summed E-state index contributed by atoms with van der Waals surface area (Å²) in [5, 5.41) is 4.41. The number of benzene rings is 2. The van der Waals surface area contributed by atoms with Crippen molar-refractivity contribution in [1.29, 1.82) is 0 Å². The summed E-state index contributed by atoms with van der Waals surface area (Å²) in [4.78, 5) is 17.9. The standard InChI is InChI=1S/C23H23N3O4S/c1-4-5-12-30-17-9-6-15(7-10-17)21-24-23-26(25-21)22(27)20(31-23)13-16-8-11-18(28-2)14-19(16)29-3/h6-11,13-14H,4-5,12H2,1-3H3. The molecule has 0 atom stereocenters. The van der Waals surface area contributed by atoms with Gasteiger partial charge in [0.2, 0.25) is 4.96 Å². The van der Waals surface area contributed by atoms with E-state index in [0.29, 0.717) is 33.4 Å². The summed E-state index contributed by atoms with van der Waals surface area (Å²) >= 11 is 1.29. The number of ether oxygens (including phenoxy) is 3. The first kappa shape index (κ1) is 20.9. The predicted molar refractivity (Wildman–Crippen MR) is 121 cm³/mol. The maximum Gasteiger partial charge on any atom is 0.291 e. The maximum absolute atomic E-state index is 12.9. The van der Waals surface area contributed by atoms with E-state index >= 15 is 0 Å². The average Bonchev–Trinajstić information content (AvgIpc) is 3.34. The number of fused-ring (bicyclic) bond motifs is 1. The zero-order chi connectivity index (χ0) is 21.8. The van der Waals surface area contributed by atoms with Crippen molar-refractivity contribution in [2.24, 2.45) is 0 Å². The molecule has 8 heteroatoms. The maximum atomic E-state index is 12.9. The molecule has 0 saturated carbocycles. The molecule has 0 bridgehead atoms. The Hall–Kier alpha value is -3.39. The minimum absolute atomic E-state index is 0.212. The second kappa shape index (κ2) is 9.18. The third-order valence-corrected chi connectivity index (χ3v) is 5.75. The Labute approximate surface area is 183 Å². The molecular weight excluding hydrogens is 414 g/mol. The van der Waals surface area contributed by atoms with E-state index in [-0.39, 0.29) is 5.56 Å². The van der Waals surface area contributed by atoms with Crippen LogP contribution in [0.4, 0.5) is 0 Å². The molecule has 0 aliphatic heterocycles. The van der Waals surface area contributed by atoms with Gasteiger partial charge < -0.3 is 14.2 Å². The van der Waals surface area contributed by atoms with Gasteiger partial charge in [-0.25, -0.2) is 0 Å². The minimum Gasteiger partial charge on any atom is -0.497 e. The van der Waals surface area contributed by atoms with Crippen LogP contribution in [-0.2, 0) is 0 Å². The van der Waals surface area contributed by atoms with Crippen molar-refractivity contribution in [3.8, 4) is 28.6 Å². The van der Waals surface area contributed by atoms with Gasteiger partial charge in [-0.15, -0.1) is 5.10 Å². The molecule has 2 aromatic heterocycles. The summed E-state index contributed by atoms with van der Waals surface area (Å²) in [5.41, 5.74) is 1.40. The molecule has 0 unspecified atom stereocenters. The number of aromatic nitrogens is 3. The van der Waals surface area contributed by atoms with Crippen LogP contribution in [0.5, 0.6) is 17.2 Å². The molecule has 0 radical (unpaired) electrons. The summed E-state index contributed by atoms with van der Waals surface area (Å²) < 4.78 is 18.2. The number of hydrogen-bond donors (Lipinski definition) is 0. The van der Waals surface area contributed by atoms with Crippen LogP contribution in [0, 0.1) is 0 Å². The number of hydrogen-bond acceptors (Lipinski definition) is 7. The zero-order valence-corrected chi connectivity index (χ0v) is 18.4.